The summed E-state index contributed by atoms with van der Waals surface area (Å²) in [5.74, 6) is 0.298. The van der Waals surface area contributed by atoms with Gasteiger partial charge in [-0.1, -0.05) is 40.2 Å². The van der Waals surface area contributed by atoms with Gasteiger partial charge in [0.05, 0.1) is 5.92 Å². The van der Waals surface area contributed by atoms with Crippen LogP contribution >= 0.6 is 15.9 Å². The molecule has 0 unspecified atom stereocenters. The van der Waals surface area contributed by atoms with E-state index in [-0.39, 0.29) is 17.6 Å². The third kappa shape index (κ3) is 2.24. The molecule has 0 bridgehead atoms. The number of aromatic hydroxyl groups is 1. The summed E-state index contributed by atoms with van der Waals surface area (Å²) >= 11 is 3.51. The van der Waals surface area contributed by atoms with Crippen LogP contribution < -0.4 is 10.5 Å². The normalized spacial score (nSPS) is 16.9. The van der Waals surface area contributed by atoms with Crippen molar-refractivity contribution in [1.82, 2.24) is 0 Å². The van der Waals surface area contributed by atoms with Crippen LogP contribution in [0.1, 0.15) is 17.0 Å². The molecule has 1 heterocycles. The predicted molar refractivity (Wildman–Crippen MR) is 81.5 cm³/mol. The van der Waals surface area contributed by atoms with Gasteiger partial charge in [-0.2, -0.15) is 5.26 Å². The van der Waals surface area contributed by atoms with Gasteiger partial charge >= 0.3 is 0 Å². The van der Waals surface area contributed by atoms with Gasteiger partial charge in [-0.25, -0.2) is 0 Å². The number of halogens is 1. The molecule has 3 rings (SSSR count). The van der Waals surface area contributed by atoms with Gasteiger partial charge < -0.3 is 15.6 Å². The standard InChI is InChI=1S/C16H11BrN2O2/c17-13-4-2-1-3-10(13)15-11-6-5-9(20)7-14(11)21-16(19)12(15)8-18/h1-7,15,20H,19H2/t15-/m0/s1. The van der Waals surface area contributed by atoms with Gasteiger partial charge in [0.2, 0.25) is 5.88 Å². The molecule has 0 amide bonds. The molecule has 5 heteroatoms. The highest BCUT2D eigenvalue weighted by molar-refractivity contribution is 9.10. The number of phenolic OH excluding ortho intramolecular Hbond substituents is 1. The lowest BCUT2D eigenvalue weighted by Crippen LogP contribution is -2.21. The summed E-state index contributed by atoms with van der Waals surface area (Å²) in [6.45, 7) is 0. The Balaban J connectivity index is 2.27. The minimum atomic E-state index is -0.324. The molecule has 4 nitrogen and oxygen atoms in total. The fourth-order valence-electron chi connectivity index (χ4n) is 2.47. The van der Waals surface area contributed by atoms with E-state index < -0.39 is 0 Å². The fourth-order valence-corrected chi connectivity index (χ4v) is 2.99. The Morgan fingerprint density at radius 3 is 2.67 bits per heavy atom. The van der Waals surface area contributed by atoms with E-state index in [2.05, 4.69) is 22.0 Å². The first-order chi connectivity index (χ1) is 10.1. The lowest BCUT2D eigenvalue weighted by atomic mass is 9.83. The number of ether oxygens (including phenoxy) is 1. The third-order valence-electron chi connectivity index (χ3n) is 3.42. The average Bonchev–Trinajstić information content (AvgIpc) is 2.46. The highest BCUT2D eigenvalue weighted by Crippen LogP contribution is 2.44. The summed E-state index contributed by atoms with van der Waals surface area (Å²) < 4.78 is 6.35. The van der Waals surface area contributed by atoms with Gasteiger partial charge in [-0.05, 0) is 17.7 Å². The topological polar surface area (TPSA) is 79.3 Å². The summed E-state index contributed by atoms with van der Waals surface area (Å²) in [6, 6.07) is 14.6. The quantitative estimate of drug-likeness (QED) is 0.832. The molecule has 1 atom stereocenters. The second-order valence-electron chi connectivity index (χ2n) is 4.67. The molecule has 104 valence electrons. The maximum atomic E-state index is 9.60. The van der Waals surface area contributed by atoms with Crippen molar-refractivity contribution in [2.24, 2.45) is 5.73 Å². The highest BCUT2D eigenvalue weighted by atomic mass is 79.9. The van der Waals surface area contributed by atoms with E-state index in [1.807, 2.05) is 24.3 Å². The number of fused-ring (bicyclic) bond motifs is 1. The molecule has 2 aromatic carbocycles. The van der Waals surface area contributed by atoms with Crippen molar-refractivity contribution in [3.8, 4) is 17.6 Å². The summed E-state index contributed by atoms with van der Waals surface area (Å²) in [6.07, 6.45) is 0. The van der Waals surface area contributed by atoms with Gasteiger partial charge in [-0.15, -0.1) is 0 Å². The number of hydrogen-bond acceptors (Lipinski definition) is 4. The van der Waals surface area contributed by atoms with E-state index in [4.69, 9.17) is 10.5 Å². The number of nitriles is 1. The van der Waals surface area contributed by atoms with Crippen molar-refractivity contribution in [2.75, 3.05) is 0 Å². The highest BCUT2D eigenvalue weighted by Gasteiger charge is 2.31. The van der Waals surface area contributed by atoms with E-state index in [9.17, 15) is 10.4 Å². The predicted octanol–water partition coefficient (Wildman–Crippen LogP) is 3.37. The lowest BCUT2D eigenvalue weighted by Gasteiger charge is -2.27. The minimum Gasteiger partial charge on any atom is -0.508 e. The van der Waals surface area contributed by atoms with Crippen LogP contribution in [0.2, 0.25) is 0 Å². The first-order valence-electron chi connectivity index (χ1n) is 6.26. The number of nitrogens with two attached hydrogens (primary N) is 1. The van der Waals surface area contributed by atoms with Crippen LogP contribution in [0.3, 0.4) is 0 Å². The van der Waals surface area contributed by atoms with Crippen LogP contribution in [0.15, 0.2) is 58.4 Å². The molecule has 0 aliphatic carbocycles. The summed E-state index contributed by atoms with van der Waals surface area (Å²) in [5, 5.41) is 19.0. The molecule has 0 fully saturated rings. The van der Waals surface area contributed by atoms with Crippen LogP contribution in [-0.2, 0) is 0 Å². The van der Waals surface area contributed by atoms with Gasteiger partial charge in [0, 0.05) is 16.1 Å². The monoisotopic (exact) mass is 342 g/mol. The van der Waals surface area contributed by atoms with Gasteiger partial charge in [-0.3, -0.25) is 0 Å². The Labute approximate surface area is 130 Å². The molecular formula is C16H11BrN2O2. The number of benzene rings is 2. The van der Waals surface area contributed by atoms with Crippen molar-refractivity contribution in [3.63, 3.8) is 0 Å². The fraction of sp³-hybridized carbons (Fsp3) is 0.0625. The van der Waals surface area contributed by atoms with Crippen molar-refractivity contribution in [2.45, 2.75) is 5.92 Å². The minimum absolute atomic E-state index is 0.0661. The number of phenols is 1. The van der Waals surface area contributed by atoms with E-state index >= 15 is 0 Å². The number of rotatable bonds is 1. The molecule has 0 aromatic heterocycles. The van der Waals surface area contributed by atoms with Crippen LogP contribution in [0.5, 0.6) is 11.5 Å². The summed E-state index contributed by atoms with van der Waals surface area (Å²) in [7, 11) is 0. The molecule has 2 aromatic rings. The van der Waals surface area contributed by atoms with Crippen molar-refractivity contribution in [3.05, 3.63) is 69.5 Å². The largest absolute Gasteiger partial charge is 0.508 e. The molecule has 1 aliphatic rings. The van der Waals surface area contributed by atoms with E-state index in [0.717, 1.165) is 15.6 Å². The molecule has 3 N–H and O–H groups in total. The SMILES string of the molecule is N#CC1=C(N)Oc2cc(O)ccc2[C@@H]1c1ccccc1Br. The Morgan fingerprint density at radius 2 is 1.95 bits per heavy atom. The van der Waals surface area contributed by atoms with Gasteiger partial charge in [0.1, 0.15) is 23.1 Å². The molecular weight excluding hydrogens is 332 g/mol. The molecule has 0 saturated carbocycles. The van der Waals surface area contributed by atoms with Crippen LogP contribution in [-0.4, -0.2) is 5.11 Å². The zero-order valence-electron chi connectivity index (χ0n) is 10.9. The van der Waals surface area contributed by atoms with Crippen LogP contribution in [0.25, 0.3) is 0 Å². The van der Waals surface area contributed by atoms with Crippen LogP contribution in [0.4, 0.5) is 0 Å². The third-order valence-corrected chi connectivity index (χ3v) is 4.14. The Hall–Kier alpha value is -2.45. The lowest BCUT2D eigenvalue weighted by molar-refractivity contribution is 0.388. The zero-order chi connectivity index (χ0) is 15.0. The van der Waals surface area contributed by atoms with E-state index in [0.29, 0.717) is 11.3 Å². The molecule has 0 radical (unpaired) electrons. The first kappa shape index (κ1) is 13.5. The summed E-state index contributed by atoms with van der Waals surface area (Å²) in [4.78, 5) is 0. The van der Waals surface area contributed by atoms with Crippen molar-refractivity contribution >= 4 is 15.9 Å². The maximum absolute atomic E-state index is 9.60. The molecule has 0 saturated heterocycles. The van der Waals surface area contributed by atoms with Crippen LogP contribution in [0, 0.1) is 11.3 Å². The molecule has 21 heavy (non-hydrogen) atoms. The second-order valence-corrected chi connectivity index (χ2v) is 5.52. The van der Waals surface area contributed by atoms with E-state index in [1.165, 1.54) is 6.07 Å². The average molecular weight is 343 g/mol. The van der Waals surface area contributed by atoms with E-state index in [1.54, 1.807) is 12.1 Å². The van der Waals surface area contributed by atoms with Crippen molar-refractivity contribution in [1.29, 1.82) is 5.26 Å². The summed E-state index contributed by atoms with van der Waals surface area (Å²) in [5.41, 5.74) is 7.95. The number of nitrogens with zero attached hydrogens (tertiary/aromatic N) is 1. The van der Waals surface area contributed by atoms with Gasteiger partial charge in [0.25, 0.3) is 0 Å². The smallest absolute Gasteiger partial charge is 0.205 e. The molecule has 0 spiro atoms. The number of hydrogen-bond donors (Lipinski definition) is 2. The first-order valence-corrected chi connectivity index (χ1v) is 7.06. The second kappa shape index (κ2) is 5.15. The Morgan fingerprint density at radius 1 is 1.19 bits per heavy atom. The molecule has 1 aliphatic heterocycles. The Bertz CT molecular complexity index is 793. The van der Waals surface area contributed by atoms with Gasteiger partial charge in [0.15, 0.2) is 0 Å². The Kier molecular flexibility index (Phi) is 3.32. The maximum Gasteiger partial charge on any atom is 0.205 e. The number of allylic oxidation sites excluding steroid dienone is 1. The van der Waals surface area contributed by atoms with Crippen molar-refractivity contribution < 1.29 is 9.84 Å². The zero-order valence-corrected chi connectivity index (χ0v) is 12.5.